The van der Waals surface area contributed by atoms with E-state index in [2.05, 4.69) is 15.5 Å². The molecule has 4 aromatic rings. The molecule has 1 aliphatic rings. The molecule has 0 spiro atoms. The molecule has 4 aromatic carbocycles. The van der Waals surface area contributed by atoms with Crippen molar-refractivity contribution in [1.29, 1.82) is 0 Å². The number of benzene rings is 4. The van der Waals surface area contributed by atoms with Crippen molar-refractivity contribution in [3.8, 4) is 0 Å². The lowest BCUT2D eigenvalue weighted by Crippen LogP contribution is -2.48. The average Bonchev–Trinajstić information content (AvgIpc) is 2.99. The standard InChI is InChI=1S/C33H32N4O2S/c1-24-12-14-27(15-13-24)32(39)37-22-20-36(21-23-37)29-18-16-28(17-19-29)34-33(40)35-31(38)30(25-8-4-2-5-9-25)26-10-6-3-7-11-26/h2-19,30H,20-23H2,1H3,(H2,34,35,38,40). The summed E-state index contributed by atoms with van der Waals surface area (Å²) in [7, 11) is 0. The number of piperazine rings is 1. The number of amides is 2. The van der Waals surface area contributed by atoms with Gasteiger partial charge in [-0.2, -0.15) is 0 Å². The molecule has 0 aromatic heterocycles. The van der Waals surface area contributed by atoms with Gasteiger partial charge in [0.25, 0.3) is 5.91 Å². The Balaban J connectivity index is 1.16. The maximum atomic E-state index is 13.3. The number of carbonyl (C=O) groups is 2. The van der Waals surface area contributed by atoms with Gasteiger partial charge in [0, 0.05) is 43.1 Å². The SMILES string of the molecule is Cc1ccc(C(=O)N2CCN(c3ccc(NC(=S)NC(=O)C(c4ccccc4)c4ccccc4)cc3)CC2)cc1. The van der Waals surface area contributed by atoms with E-state index in [1.807, 2.05) is 121 Å². The van der Waals surface area contributed by atoms with Crippen LogP contribution in [0.3, 0.4) is 0 Å². The Hall–Kier alpha value is -4.49. The smallest absolute Gasteiger partial charge is 0.253 e. The van der Waals surface area contributed by atoms with Crippen molar-refractivity contribution < 1.29 is 9.59 Å². The fourth-order valence-electron chi connectivity index (χ4n) is 4.93. The van der Waals surface area contributed by atoms with Gasteiger partial charge in [0.05, 0.1) is 5.92 Å². The van der Waals surface area contributed by atoms with Gasteiger partial charge in [0.2, 0.25) is 5.91 Å². The molecule has 202 valence electrons. The van der Waals surface area contributed by atoms with Gasteiger partial charge in [-0.3, -0.25) is 9.59 Å². The molecule has 1 aliphatic heterocycles. The molecule has 7 heteroatoms. The molecule has 0 unspecified atom stereocenters. The van der Waals surface area contributed by atoms with Gasteiger partial charge >= 0.3 is 0 Å². The first-order chi connectivity index (χ1) is 19.5. The minimum Gasteiger partial charge on any atom is -0.368 e. The normalized spacial score (nSPS) is 13.2. The van der Waals surface area contributed by atoms with Gasteiger partial charge < -0.3 is 20.4 Å². The van der Waals surface area contributed by atoms with Crippen LogP contribution in [0.2, 0.25) is 0 Å². The topological polar surface area (TPSA) is 64.7 Å². The van der Waals surface area contributed by atoms with Crippen LogP contribution in [0.1, 0.15) is 33.0 Å². The summed E-state index contributed by atoms with van der Waals surface area (Å²) in [4.78, 5) is 30.3. The number of nitrogens with zero attached hydrogens (tertiary/aromatic N) is 2. The summed E-state index contributed by atoms with van der Waals surface area (Å²) >= 11 is 5.48. The molecular formula is C33H32N4O2S. The lowest BCUT2D eigenvalue weighted by molar-refractivity contribution is -0.120. The van der Waals surface area contributed by atoms with Crippen LogP contribution in [0.25, 0.3) is 0 Å². The summed E-state index contributed by atoms with van der Waals surface area (Å²) in [5.74, 6) is -0.581. The van der Waals surface area contributed by atoms with Crippen molar-refractivity contribution in [2.45, 2.75) is 12.8 Å². The number of rotatable bonds is 6. The van der Waals surface area contributed by atoms with Crippen molar-refractivity contribution in [3.63, 3.8) is 0 Å². The third-order valence-corrected chi connectivity index (χ3v) is 7.32. The van der Waals surface area contributed by atoms with Gasteiger partial charge in [0.15, 0.2) is 5.11 Å². The average molecular weight is 549 g/mol. The Labute approximate surface area is 240 Å². The summed E-state index contributed by atoms with van der Waals surface area (Å²) in [5, 5.41) is 6.25. The highest BCUT2D eigenvalue weighted by molar-refractivity contribution is 7.80. The summed E-state index contributed by atoms with van der Waals surface area (Å²) in [6, 6.07) is 35.1. The minimum atomic E-state index is -0.471. The van der Waals surface area contributed by atoms with Crippen LogP contribution in [0.5, 0.6) is 0 Å². The quantitative estimate of drug-likeness (QED) is 0.307. The van der Waals surface area contributed by atoms with Crippen LogP contribution in [0.15, 0.2) is 109 Å². The Morgan fingerprint density at radius 1 is 0.725 bits per heavy atom. The number of hydrogen-bond acceptors (Lipinski definition) is 4. The molecule has 0 radical (unpaired) electrons. The molecule has 1 heterocycles. The van der Waals surface area contributed by atoms with Crippen LogP contribution in [0, 0.1) is 6.92 Å². The van der Waals surface area contributed by atoms with E-state index in [0.29, 0.717) is 13.1 Å². The number of aryl methyl sites for hydroxylation is 1. The van der Waals surface area contributed by atoms with Crippen LogP contribution >= 0.6 is 12.2 Å². The van der Waals surface area contributed by atoms with Crippen LogP contribution in [0.4, 0.5) is 11.4 Å². The zero-order valence-electron chi connectivity index (χ0n) is 22.4. The molecular weight excluding hydrogens is 516 g/mol. The second kappa shape index (κ2) is 12.6. The summed E-state index contributed by atoms with van der Waals surface area (Å²) < 4.78 is 0. The van der Waals surface area contributed by atoms with E-state index in [-0.39, 0.29) is 16.9 Å². The molecule has 2 N–H and O–H groups in total. The molecule has 5 rings (SSSR count). The zero-order valence-corrected chi connectivity index (χ0v) is 23.2. The molecule has 6 nitrogen and oxygen atoms in total. The highest BCUT2D eigenvalue weighted by Gasteiger charge is 2.24. The first-order valence-corrected chi connectivity index (χ1v) is 13.8. The summed E-state index contributed by atoms with van der Waals surface area (Å²) in [5.41, 5.74) is 5.55. The number of carbonyl (C=O) groups excluding carboxylic acids is 2. The van der Waals surface area contributed by atoms with E-state index < -0.39 is 5.92 Å². The third-order valence-electron chi connectivity index (χ3n) is 7.12. The van der Waals surface area contributed by atoms with Crippen molar-refractivity contribution in [2.24, 2.45) is 0 Å². The summed E-state index contributed by atoms with van der Waals surface area (Å²) in [6.07, 6.45) is 0. The highest BCUT2D eigenvalue weighted by atomic mass is 32.1. The maximum Gasteiger partial charge on any atom is 0.253 e. The molecule has 0 bridgehead atoms. The van der Waals surface area contributed by atoms with Crippen LogP contribution in [-0.4, -0.2) is 48.0 Å². The zero-order chi connectivity index (χ0) is 27.9. The second-order valence-corrected chi connectivity index (χ2v) is 10.3. The maximum absolute atomic E-state index is 13.3. The Kier molecular flexibility index (Phi) is 8.52. The van der Waals surface area contributed by atoms with Crippen molar-refractivity contribution in [3.05, 3.63) is 131 Å². The van der Waals surface area contributed by atoms with E-state index in [9.17, 15) is 9.59 Å². The predicted octanol–water partition coefficient (Wildman–Crippen LogP) is 5.60. The molecule has 2 amide bonds. The van der Waals surface area contributed by atoms with Gasteiger partial charge in [-0.05, 0) is 66.7 Å². The lowest BCUT2D eigenvalue weighted by atomic mass is 9.90. The molecule has 0 saturated carbocycles. The van der Waals surface area contributed by atoms with Gasteiger partial charge in [-0.25, -0.2) is 0 Å². The number of nitrogens with one attached hydrogen (secondary N) is 2. The fraction of sp³-hybridized carbons (Fsp3) is 0.182. The van der Waals surface area contributed by atoms with E-state index in [1.54, 1.807) is 0 Å². The van der Waals surface area contributed by atoms with E-state index >= 15 is 0 Å². The van der Waals surface area contributed by atoms with Crippen LogP contribution in [-0.2, 0) is 4.79 Å². The van der Waals surface area contributed by atoms with E-state index in [4.69, 9.17) is 12.2 Å². The Morgan fingerprint density at radius 2 is 1.27 bits per heavy atom. The first kappa shape index (κ1) is 27.1. The fourth-order valence-corrected chi connectivity index (χ4v) is 5.15. The molecule has 40 heavy (non-hydrogen) atoms. The Morgan fingerprint density at radius 3 is 1.82 bits per heavy atom. The molecule has 0 atom stereocenters. The number of hydrogen-bond donors (Lipinski definition) is 2. The predicted molar refractivity (Wildman–Crippen MR) is 165 cm³/mol. The van der Waals surface area contributed by atoms with E-state index in [1.165, 1.54) is 0 Å². The number of thiocarbonyl (C=S) groups is 1. The minimum absolute atomic E-state index is 0.0801. The largest absolute Gasteiger partial charge is 0.368 e. The van der Waals surface area contributed by atoms with Crippen molar-refractivity contribution in [2.75, 3.05) is 36.4 Å². The van der Waals surface area contributed by atoms with Gasteiger partial charge in [-0.15, -0.1) is 0 Å². The van der Waals surface area contributed by atoms with Crippen molar-refractivity contribution >= 4 is 40.5 Å². The van der Waals surface area contributed by atoms with Gasteiger partial charge in [0.1, 0.15) is 0 Å². The number of anilines is 2. The lowest BCUT2D eigenvalue weighted by Gasteiger charge is -2.36. The second-order valence-electron chi connectivity index (χ2n) is 9.89. The van der Waals surface area contributed by atoms with Crippen molar-refractivity contribution in [1.82, 2.24) is 10.2 Å². The molecule has 1 fully saturated rings. The molecule has 0 aliphatic carbocycles. The van der Waals surface area contributed by atoms with Crippen LogP contribution < -0.4 is 15.5 Å². The highest BCUT2D eigenvalue weighted by Crippen LogP contribution is 2.25. The summed E-state index contributed by atoms with van der Waals surface area (Å²) in [6.45, 7) is 4.89. The Bertz CT molecular complexity index is 1410. The first-order valence-electron chi connectivity index (χ1n) is 13.4. The third kappa shape index (κ3) is 6.55. The monoisotopic (exact) mass is 548 g/mol. The molecule has 1 saturated heterocycles. The van der Waals surface area contributed by atoms with E-state index in [0.717, 1.165) is 46.7 Å². The van der Waals surface area contributed by atoms with Gasteiger partial charge in [-0.1, -0.05) is 78.4 Å².